The zero-order chi connectivity index (χ0) is 9.59. The van der Waals surface area contributed by atoms with E-state index in [-0.39, 0.29) is 32.7 Å². The van der Waals surface area contributed by atoms with E-state index in [0.29, 0.717) is 11.3 Å². The number of aryl methyl sites for hydroxylation is 1. The van der Waals surface area contributed by atoms with Crippen LogP contribution in [0.25, 0.3) is 0 Å². The molecule has 2 rings (SSSR count). The van der Waals surface area contributed by atoms with Crippen molar-refractivity contribution in [3.8, 4) is 0 Å². The van der Waals surface area contributed by atoms with Crippen molar-refractivity contribution < 1.29 is 42.3 Å². The molecule has 0 saturated heterocycles. The Morgan fingerprint density at radius 3 is 2.50 bits per heavy atom. The number of amides is 1. The van der Waals surface area contributed by atoms with Crippen molar-refractivity contribution in [2.45, 2.75) is 6.92 Å². The molecule has 1 heterocycles. The smallest absolute Gasteiger partial charge is 0.286 e. The topological polar surface area (TPSA) is 37.4 Å². The Morgan fingerprint density at radius 1 is 1.29 bits per heavy atom. The third-order valence-electron chi connectivity index (χ3n) is 2.26. The molecule has 0 aromatic heterocycles. The SMILES string of the molecule is Cc1c[c-]cc2c1C(=O)C(=O)N2C.[Y]. The molecule has 69 valence electrons. The molecule has 0 unspecified atom stereocenters. The van der Waals surface area contributed by atoms with Crippen LogP contribution < -0.4 is 4.90 Å². The molecular weight excluding hydrogens is 255 g/mol. The average molecular weight is 263 g/mol. The van der Waals surface area contributed by atoms with Crippen molar-refractivity contribution in [3.63, 3.8) is 0 Å². The normalized spacial score (nSPS) is 14.0. The molecular formula is C10H8NO2Y-. The summed E-state index contributed by atoms with van der Waals surface area (Å²) < 4.78 is 0. The second kappa shape index (κ2) is 3.91. The second-order valence-electron chi connectivity index (χ2n) is 3.09. The van der Waals surface area contributed by atoms with E-state index in [1.165, 1.54) is 4.90 Å². The van der Waals surface area contributed by atoms with Crippen molar-refractivity contribution in [2.24, 2.45) is 0 Å². The van der Waals surface area contributed by atoms with Gasteiger partial charge < -0.3 is 4.90 Å². The molecule has 1 aliphatic rings. The van der Waals surface area contributed by atoms with Gasteiger partial charge in [-0.1, -0.05) is 18.2 Å². The molecule has 1 radical (unpaired) electrons. The third kappa shape index (κ3) is 1.45. The summed E-state index contributed by atoms with van der Waals surface area (Å²) in [5.41, 5.74) is 1.99. The summed E-state index contributed by atoms with van der Waals surface area (Å²) >= 11 is 0. The molecule has 0 N–H and O–H groups in total. The van der Waals surface area contributed by atoms with Gasteiger partial charge in [-0.05, 0) is 0 Å². The van der Waals surface area contributed by atoms with E-state index < -0.39 is 11.7 Å². The van der Waals surface area contributed by atoms with Crippen LogP contribution in [0, 0.1) is 13.0 Å². The molecule has 1 aliphatic heterocycles. The number of carbonyl (C=O) groups is 2. The minimum absolute atomic E-state index is 0. The van der Waals surface area contributed by atoms with Gasteiger partial charge in [-0.2, -0.15) is 18.2 Å². The van der Waals surface area contributed by atoms with Gasteiger partial charge in [0.05, 0.1) is 0 Å². The zero-order valence-corrected chi connectivity index (χ0v) is 10.8. The van der Waals surface area contributed by atoms with Gasteiger partial charge in [0.2, 0.25) is 5.78 Å². The summed E-state index contributed by atoms with van der Waals surface area (Å²) in [4.78, 5) is 24.1. The third-order valence-corrected chi connectivity index (χ3v) is 2.26. The molecule has 1 amide bonds. The van der Waals surface area contributed by atoms with Crippen LogP contribution >= 0.6 is 0 Å². The number of hydrogen-bond donors (Lipinski definition) is 0. The van der Waals surface area contributed by atoms with Crippen LogP contribution in [-0.2, 0) is 37.5 Å². The first-order chi connectivity index (χ1) is 6.13. The van der Waals surface area contributed by atoms with E-state index in [2.05, 4.69) is 6.07 Å². The van der Waals surface area contributed by atoms with Gasteiger partial charge in [0.15, 0.2) is 0 Å². The van der Waals surface area contributed by atoms with E-state index in [1.54, 1.807) is 26.1 Å². The summed E-state index contributed by atoms with van der Waals surface area (Å²) in [6.07, 6.45) is 0. The van der Waals surface area contributed by atoms with Gasteiger partial charge >= 0.3 is 0 Å². The van der Waals surface area contributed by atoms with Crippen molar-refractivity contribution in [1.29, 1.82) is 0 Å². The van der Waals surface area contributed by atoms with E-state index >= 15 is 0 Å². The Hall–Kier alpha value is -0.536. The van der Waals surface area contributed by atoms with Crippen molar-refractivity contribution in [2.75, 3.05) is 11.9 Å². The van der Waals surface area contributed by atoms with Gasteiger partial charge in [0, 0.05) is 39.8 Å². The van der Waals surface area contributed by atoms with E-state index in [9.17, 15) is 9.59 Å². The molecule has 14 heavy (non-hydrogen) atoms. The Labute approximate surface area is 107 Å². The van der Waals surface area contributed by atoms with Crippen LogP contribution in [-0.4, -0.2) is 18.7 Å². The Kier molecular flexibility index (Phi) is 3.22. The summed E-state index contributed by atoms with van der Waals surface area (Å²) in [6, 6.07) is 6.26. The number of nitrogens with zero attached hydrogens (tertiary/aromatic N) is 1. The van der Waals surface area contributed by atoms with Gasteiger partial charge in [-0.25, -0.2) is 0 Å². The Balaban J connectivity index is 0.000000980. The Bertz CT molecular complexity index is 415. The average Bonchev–Trinajstić information content (AvgIpc) is 2.33. The number of hydrogen-bond acceptors (Lipinski definition) is 2. The predicted octanol–water partition coefficient (Wildman–Crippen LogP) is 0.952. The van der Waals surface area contributed by atoms with E-state index in [0.717, 1.165) is 5.56 Å². The van der Waals surface area contributed by atoms with E-state index in [1.807, 2.05) is 0 Å². The van der Waals surface area contributed by atoms with Crippen molar-refractivity contribution in [3.05, 3.63) is 29.3 Å². The number of ketones is 1. The fourth-order valence-electron chi connectivity index (χ4n) is 1.52. The number of Topliss-reactive ketones (excluding diaryl/α,β-unsaturated/α-hetero) is 1. The summed E-state index contributed by atoms with van der Waals surface area (Å²) in [7, 11) is 1.60. The van der Waals surface area contributed by atoms with Crippen LogP contribution in [0.2, 0.25) is 0 Å². The van der Waals surface area contributed by atoms with Gasteiger partial charge in [-0.15, -0.1) is 5.56 Å². The molecule has 0 spiro atoms. The molecule has 4 heteroatoms. The number of fused-ring (bicyclic) bond motifs is 1. The maximum atomic E-state index is 11.4. The zero-order valence-electron chi connectivity index (χ0n) is 8.00. The molecule has 1 aromatic carbocycles. The van der Waals surface area contributed by atoms with Crippen molar-refractivity contribution in [1.82, 2.24) is 0 Å². The molecule has 0 atom stereocenters. The molecule has 0 fully saturated rings. The fraction of sp³-hybridized carbons (Fsp3) is 0.200. The first-order valence-electron chi connectivity index (χ1n) is 3.96. The minimum atomic E-state index is -0.460. The quantitative estimate of drug-likeness (QED) is 0.516. The number of carbonyl (C=O) groups excluding carboxylic acids is 2. The standard InChI is InChI=1S/C10H8NO2.Y/c1-6-4-3-5-7-8(6)9(12)10(13)11(7)2;/h4-5H,1-2H3;/q-1;. The molecule has 0 bridgehead atoms. The number of likely N-dealkylation sites (N-methyl/N-ethyl adjacent to an activating group) is 1. The predicted molar refractivity (Wildman–Crippen MR) is 47.8 cm³/mol. The molecule has 1 aromatic rings. The second-order valence-corrected chi connectivity index (χ2v) is 3.09. The number of rotatable bonds is 0. The van der Waals surface area contributed by atoms with Crippen LogP contribution in [0.5, 0.6) is 0 Å². The molecule has 0 aliphatic carbocycles. The number of anilines is 1. The van der Waals surface area contributed by atoms with Gasteiger partial charge in [0.25, 0.3) is 5.91 Å². The fourth-order valence-corrected chi connectivity index (χ4v) is 1.52. The molecule has 3 nitrogen and oxygen atoms in total. The first-order valence-corrected chi connectivity index (χ1v) is 3.96. The maximum absolute atomic E-state index is 11.4. The van der Waals surface area contributed by atoms with Crippen molar-refractivity contribution >= 4 is 17.4 Å². The first kappa shape index (κ1) is 11.5. The van der Waals surface area contributed by atoms with Crippen LogP contribution in [0.15, 0.2) is 12.1 Å². The number of benzene rings is 1. The maximum Gasteiger partial charge on any atom is 0.286 e. The summed E-state index contributed by atoms with van der Waals surface area (Å²) in [6.45, 7) is 1.81. The van der Waals surface area contributed by atoms with Gasteiger partial charge in [0.1, 0.15) is 0 Å². The molecule has 0 saturated carbocycles. The van der Waals surface area contributed by atoms with Crippen LogP contribution in [0.1, 0.15) is 15.9 Å². The largest absolute Gasteiger partial charge is 0.361 e. The van der Waals surface area contributed by atoms with Crippen LogP contribution in [0.3, 0.4) is 0 Å². The summed E-state index contributed by atoms with van der Waals surface area (Å²) in [5.74, 6) is -0.873. The summed E-state index contributed by atoms with van der Waals surface area (Å²) in [5, 5.41) is 0. The monoisotopic (exact) mass is 263 g/mol. The Morgan fingerprint density at radius 2 is 1.93 bits per heavy atom. The van der Waals surface area contributed by atoms with Gasteiger partial charge in [-0.3, -0.25) is 9.59 Å². The minimum Gasteiger partial charge on any atom is -0.361 e. The van der Waals surface area contributed by atoms with E-state index in [4.69, 9.17) is 0 Å². The van der Waals surface area contributed by atoms with Crippen LogP contribution in [0.4, 0.5) is 5.69 Å².